The van der Waals surface area contributed by atoms with Crippen LogP contribution in [0.4, 0.5) is 5.69 Å². The van der Waals surface area contributed by atoms with E-state index in [4.69, 9.17) is 5.73 Å². The molecule has 3 rings (SSSR count). The van der Waals surface area contributed by atoms with Crippen molar-refractivity contribution < 1.29 is 4.79 Å². The van der Waals surface area contributed by atoms with Crippen LogP contribution in [0.15, 0.2) is 24.3 Å². The van der Waals surface area contributed by atoms with Crippen LogP contribution in [0.3, 0.4) is 0 Å². The standard InChI is InChI=1S/C19H27N3O/c1-19(2,3)12-18(23)22-9-5-4-6-17(22)16-11-13-10-14(20)7-8-15(13)21-16/h7-8,10-11,17,21H,4-6,9,12,20H2,1-3H3. The number of aromatic amines is 1. The summed E-state index contributed by atoms with van der Waals surface area (Å²) in [5, 5.41) is 1.12. The lowest BCUT2D eigenvalue weighted by atomic mass is 9.90. The molecule has 0 aliphatic carbocycles. The van der Waals surface area contributed by atoms with Crippen molar-refractivity contribution in [2.75, 3.05) is 12.3 Å². The summed E-state index contributed by atoms with van der Waals surface area (Å²) in [7, 11) is 0. The highest BCUT2D eigenvalue weighted by molar-refractivity contribution is 5.84. The smallest absolute Gasteiger partial charge is 0.223 e. The Bertz CT molecular complexity index is 711. The maximum absolute atomic E-state index is 12.8. The number of aromatic nitrogens is 1. The van der Waals surface area contributed by atoms with Crippen LogP contribution in [-0.4, -0.2) is 22.3 Å². The van der Waals surface area contributed by atoms with E-state index in [-0.39, 0.29) is 17.4 Å². The number of nitrogens with two attached hydrogens (primary N) is 1. The van der Waals surface area contributed by atoms with Gasteiger partial charge in [0.2, 0.25) is 5.91 Å². The first-order valence-electron chi connectivity index (χ1n) is 8.51. The largest absolute Gasteiger partial charge is 0.399 e. The van der Waals surface area contributed by atoms with Crippen molar-refractivity contribution in [2.24, 2.45) is 5.41 Å². The zero-order valence-corrected chi connectivity index (χ0v) is 14.4. The second-order valence-electron chi connectivity index (χ2n) is 7.91. The SMILES string of the molecule is CC(C)(C)CC(=O)N1CCCCC1c1cc2cc(N)ccc2[nH]1. The van der Waals surface area contributed by atoms with Gasteiger partial charge < -0.3 is 15.6 Å². The highest BCUT2D eigenvalue weighted by Crippen LogP contribution is 2.34. The molecule has 0 saturated carbocycles. The molecular weight excluding hydrogens is 286 g/mol. The number of hydrogen-bond donors (Lipinski definition) is 2. The number of H-pyrrole nitrogens is 1. The normalized spacial score (nSPS) is 19.3. The molecule has 0 bridgehead atoms. The van der Waals surface area contributed by atoms with Crippen LogP contribution in [0.5, 0.6) is 0 Å². The predicted molar refractivity (Wildman–Crippen MR) is 95.1 cm³/mol. The van der Waals surface area contributed by atoms with E-state index >= 15 is 0 Å². The number of carbonyl (C=O) groups is 1. The summed E-state index contributed by atoms with van der Waals surface area (Å²) in [5.74, 6) is 0.264. The fourth-order valence-electron chi connectivity index (χ4n) is 3.46. The number of carbonyl (C=O) groups excluding carboxylic acids is 1. The van der Waals surface area contributed by atoms with Crippen molar-refractivity contribution in [3.05, 3.63) is 30.0 Å². The number of fused-ring (bicyclic) bond motifs is 1. The fourth-order valence-corrected chi connectivity index (χ4v) is 3.46. The average Bonchev–Trinajstić information content (AvgIpc) is 2.88. The molecule has 2 aromatic rings. The van der Waals surface area contributed by atoms with Crippen molar-refractivity contribution in [2.45, 2.75) is 52.5 Å². The Kier molecular flexibility index (Phi) is 4.09. The molecule has 1 fully saturated rings. The van der Waals surface area contributed by atoms with Crippen molar-refractivity contribution >= 4 is 22.5 Å². The van der Waals surface area contributed by atoms with E-state index < -0.39 is 0 Å². The van der Waals surface area contributed by atoms with Gasteiger partial charge in [-0.05, 0) is 48.9 Å². The molecule has 3 N–H and O–H groups in total. The number of nitrogens with one attached hydrogen (secondary N) is 1. The van der Waals surface area contributed by atoms with E-state index in [0.717, 1.165) is 41.7 Å². The Labute approximate surface area is 138 Å². The van der Waals surface area contributed by atoms with E-state index in [0.29, 0.717) is 6.42 Å². The molecule has 4 nitrogen and oxygen atoms in total. The molecule has 1 aliphatic heterocycles. The molecule has 1 saturated heterocycles. The van der Waals surface area contributed by atoms with Crippen LogP contribution < -0.4 is 5.73 Å². The number of amides is 1. The molecule has 23 heavy (non-hydrogen) atoms. The molecule has 1 aromatic heterocycles. The summed E-state index contributed by atoms with van der Waals surface area (Å²) < 4.78 is 0. The van der Waals surface area contributed by atoms with Gasteiger partial charge in [-0.3, -0.25) is 4.79 Å². The van der Waals surface area contributed by atoms with Crippen LogP contribution in [0, 0.1) is 5.41 Å². The summed E-state index contributed by atoms with van der Waals surface area (Å²) in [6.45, 7) is 7.22. The zero-order chi connectivity index (χ0) is 16.6. The number of rotatable bonds is 2. The highest BCUT2D eigenvalue weighted by Gasteiger charge is 2.31. The monoisotopic (exact) mass is 313 g/mol. The summed E-state index contributed by atoms with van der Waals surface area (Å²) in [6, 6.07) is 8.22. The molecule has 1 aliphatic rings. The Hall–Kier alpha value is -1.97. The summed E-state index contributed by atoms with van der Waals surface area (Å²) in [5.41, 5.74) is 8.89. The number of hydrogen-bond acceptors (Lipinski definition) is 2. The van der Waals surface area contributed by atoms with Gasteiger partial charge in [-0.15, -0.1) is 0 Å². The van der Waals surface area contributed by atoms with Gasteiger partial charge in [0.1, 0.15) is 0 Å². The van der Waals surface area contributed by atoms with Gasteiger partial charge in [-0.25, -0.2) is 0 Å². The van der Waals surface area contributed by atoms with Gasteiger partial charge in [0.05, 0.1) is 6.04 Å². The number of nitrogen functional groups attached to an aromatic ring is 1. The topological polar surface area (TPSA) is 62.1 Å². The number of nitrogens with zero attached hydrogens (tertiary/aromatic N) is 1. The Morgan fingerprint density at radius 1 is 1.30 bits per heavy atom. The highest BCUT2D eigenvalue weighted by atomic mass is 16.2. The third-order valence-electron chi connectivity index (χ3n) is 4.53. The van der Waals surface area contributed by atoms with Gasteiger partial charge in [0.25, 0.3) is 0 Å². The summed E-state index contributed by atoms with van der Waals surface area (Å²) >= 11 is 0. The van der Waals surface area contributed by atoms with Crippen LogP contribution in [-0.2, 0) is 4.79 Å². The number of likely N-dealkylation sites (tertiary alicyclic amines) is 1. The van der Waals surface area contributed by atoms with Gasteiger partial charge in [-0.1, -0.05) is 20.8 Å². The second kappa shape index (κ2) is 5.91. The number of benzene rings is 1. The van der Waals surface area contributed by atoms with Crippen molar-refractivity contribution in [1.29, 1.82) is 0 Å². The van der Waals surface area contributed by atoms with Gasteiger partial charge in [-0.2, -0.15) is 0 Å². The third kappa shape index (κ3) is 3.52. The van der Waals surface area contributed by atoms with E-state index in [9.17, 15) is 4.79 Å². The average molecular weight is 313 g/mol. The maximum Gasteiger partial charge on any atom is 0.223 e. The lowest BCUT2D eigenvalue weighted by Gasteiger charge is -2.37. The lowest BCUT2D eigenvalue weighted by molar-refractivity contribution is -0.137. The van der Waals surface area contributed by atoms with Crippen molar-refractivity contribution in [3.8, 4) is 0 Å². The molecule has 1 unspecified atom stereocenters. The Balaban J connectivity index is 1.89. The molecule has 1 aromatic carbocycles. The Morgan fingerprint density at radius 3 is 2.83 bits per heavy atom. The zero-order valence-electron chi connectivity index (χ0n) is 14.4. The first-order valence-corrected chi connectivity index (χ1v) is 8.51. The molecule has 4 heteroatoms. The molecular formula is C19H27N3O. The van der Waals surface area contributed by atoms with Crippen LogP contribution >= 0.6 is 0 Å². The first kappa shape index (κ1) is 15.9. The van der Waals surface area contributed by atoms with E-state index in [1.807, 2.05) is 18.2 Å². The van der Waals surface area contributed by atoms with Crippen LogP contribution in [0.1, 0.15) is 58.2 Å². The minimum atomic E-state index is 0.0218. The van der Waals surface area contributed by atoms with E-state index in [1.54, 1.807) is 0 Å². The van der Waals surface area contributed by atoms with Crippen LogP contribution in [0.2, 0.25) is 0 Å². The lowest BCUT2D eigenvalue weighted by Crippen LogP contribution is -2.40. The fraction of sp³-hybridized carbons (Fsp3) is 0.526. The summed E-state index contributed by atoms with van der Waals surface area (Å²) in [6.07, 6.45) is 3.88. The predicted octanol–water partition coefficient (Wildman–Crippen LogP) is 4.24. The van der Waals surface area contributed by atoms with Gasteiger partial charge >= 0.3 is 0 Å². The third-order valence-corrected chi connectivity index (χ3v) is 4.53. The minimum absolute atomic E-state index is 0.0218. The van der Waals surface area contributed by atoms with E-state index in [2.05, 4.69) is 36.7 Å². The molecule has 0 radical (unpaired) electrons. The van der Waals surface area contributed by atoms with Gasteiger partial charge in [0, 0.05) is 35.2 Å². The van der Waals surface area contributed by atoms with Crippen LogP contribution in [0.25, 0.3) is 10.9 Å². The number of anilines is 1. The second-order valence-corrected chi connectivity index (χ2v) is 7.91. The Morgan fingerprint density at radius 2 is 2.09 bits per heavy atom. The molecule has 1 atom stereocenters. The van der Waals surface area contributed by atoms with Crippen molar-refractivity contribution in [1.82, 2.24) is 9.88 Å². The molecule has 0 spiro atoms. The molecule has 2 heterocycles. The summed E-state index contributed by atoms with van der Waals surface area (Å²) in [4.78, 5) is 18.3. The minimum Gasteiger partial charge on any atom is -0.399 e. The first-order chi connectivity index (χ1) is 10.8. The molecule has 124 valence electrons. The molecule has 1 amide bonds. The van der Waals surface area contributed by atoms with Crippen molar-refractivity contribution in [3.63, 3.8) is 0 Å². The van der Waals surface area contributed by atoms with E-state index in [1.165, 1.54) is 6.42 Å². The number of piperidine rings is 1. The van der Waals surface area contributed by atoms with Gasteiger partial charge in [0.15, 0.2) is 0 Å². The maximum atomic E-state index is 12.8. The quantitative estimate of drug-likeness (QED) is 0.815.